The van der Waals surface area contributed by atoms with Crippen LogP contribution in [0.5, 0.6) is 0 Å². The first-order valence-electron chi connectivity index (χ1n) is 9.70. The fraction of sp³-hybridized carbons (Fsp3) is 0.238. The molecule has 2 unspecified atom stereocenters. The van der Waals surface area contributed by atoms with Crippen molar-refractivity contribution in [3.63, 3.8) is 0 Å². The van der Waals surface area contributed by atoms with Gasteiger partial charge in [0.2, 0.25) is 11.8 Å². The molecule has 5 rings (SSSR count). The SMILES string of the molecule is CC(=O)N(C)c1c(F)c(Cl)c(-c2ccc3nc(NC(=O)C4CC4F)sc3c2)c2cn[nH]c12. The van der Waals surface area contributed by atoms with Crippen LogP contribution < -0.4 is 10.2 Å². The summed E-state index contributed by atoms with van der Waals surface area (Å²) in [6.07, 6.45) is 0.676. The molecule has 4 aromatic rings. The van der Waals surface area contributed by atoms with E-state index in [0.29, 0.717) is 32.7 Å². The number of nitrogens with zero attached hydrogens (tertiary/aromatic N) is 3. The summed E-state index contributed by atoms with van der Waals surface area (Å²) in [5.74, 6) is -2.08. The second-order valence-electron chi connectivity index (χ2n) is 7.64. The number of halogens is 3. The van der Waals surface area contributed by atoms with Gasteiger partial charge in [-0.15, -0.1) is 0 Å². The summed E-state index contributed by atoms with van der Waals surface area (Å²) < 4.78 is 29.1. The summed E-state index contributed by atoms with van der Waals surface area (Å²) >= 11 is 7.67. The number of benzene rings is 2. The first-order chi connectivity index (χ1) is 15.3. The van der Waals surface area contributed by atoms with Gasteiger partial charge in [-0.2, -0.15) is 5.10 Å². The molecule has 7 nitrogen and oxygen atoms in total. The molecule has 164 valence electrons. The molecule has 0 bridgehead atoms. The zero-order valence-electron chi connectivity index (χ0n) is 16.9. The minimum Gasteiger partial charge on any atom is -0.311 e. The van der Waals surface area contributed by atoms with Gasteiger partial charge in [0.05, 0.1) is 32.9 Å². The van der Waals surface area contributed by atoms with Crippen LogP contribution in [0.3, 0.4) is 0 Å². The molecule has 2 amide bonds. The third-order valence-electron chi connectivity index (χ3n) is 5.53. The molecule has 32 heavy (non-hydrogen) atoms. The lowest BCUT2D eigenvalue weighted by Gasteiger charge is -2.19. The predicted octanol–water partition coefficient (Wildman–Crippen LogP) is 4.91. The van der Waals surface area contributed by atoms with Crippen molar-refractivity contribution in [3.05, 3.63) is 35.2 Å². The molecule has 2 atom stereocenters. The second kappa shape index (κ2) is 7.49. The summed E-state index contributed by atoms with van der Waals surface area (Å²) in [4.78, 5) is 29.4. The molecule has 11 heteroatoms. The number of thiazole rings is 1. The van der Waals surface area contributed by atoms with Crippen molar-refractivity contribution in [3.8, 4) is 11.1 Å². The van der Waals surface area contributed by atoms with E-state index >= 15 is 4.39 Å². The molecule has 2 aromatic heterocycles. The van der Waals surface area contributed by atoms with E-state index in [9.17, 15) is 14.0 Å². The van der Waals surface area contributed by atoms with E-state index in [1.165, 1.54) is 36.4 Å². The number of amides is 2. The highest BCUT2D eigenvalue weighted by atomic mass is 35.5. The molecule has 0 spiro atoms. The maximum absolute atomic E-state index is 15.3. The molecule has 2 aromatic carbocycles. The van der Waals surface area contributed by atoms with E-state index in [2.05, 4.69) is 20.5 Å². The van der Waals surface area contributed by atoms with Crippen molar-refractivity contribution >= 4 is 66.7 Å². The van der Waals surface area contributed by atoms with Gasteiger partial charge in [-0.3, -0.25) is 14.7 Å². The number of nitrogens with one attached hydrogen (secondary N) is 2. The Morgan fingerprint density at radius 3 is 2.81 bits per heavy atom. The maximum Gasteiger partial charge on any atom is 0.232 e. The monoisotopic (exact) mass is 475 g/mol. The molecule has 0 radical (unpaired) electrons. The number of alkyl halides is 1. The molecular formula is C21H16ClF2N5O2S. The van der Waals surface area contributed by atoms with Crippen molar-refractivity contribution in [2.45, 2.75) is 19.5 Å². The van der Waals surface area contributed by atoms with Crippen LogP contribution in [0.15, 0.2) is 24.4 Å². The highest BCUT2D eigenvalue weighted by Gasteiger charge is 2.43. The molecule has 0 aliphatic heterocycles. The lowest BCUT2D eigenvalue weighted by Crippen LogP contribution is -2.24. The number of H-pyrrole nitrogens is 1. The normalized spacial score (nSPS) is 17.7. The van der Waals surface area contributed by atoms with Crippen LogP contribution in [-0.4, -0.2) is 40.2 Å². The Morgan fingerprint density at radius 1 is 1.38 bits per heavy atom. The van der Waals surface area contributed by atoms with Gasteiger partial charge in [0, 0.05) is 24.9 Å². The van der Waals surface area contributed by atoms with Crippen molar-refractivity contribution in [1.82, 2.24) is 15.2 Å². The molecule has 2 heterocycles. The van der Waals surface area contributed by atoms with Crippen LogP contribution in [-0.2, 0) is 9.59 Å². The number of anilines is 2. The van der Waals surface area contributed by atoms with Gasteiger partial charge in [-0.05, 0) is 24.1 Å². The summed E-state index contributed by atoms with van der Waals surface area (Å²) in [7, 11) is 1.46. The van der Waals surface area contributed by atoms with Crippen molar-refractivity contribution < 1.29 is 18.4 Å². The maximum atomic E-state index is 15.3. The predicted molar refractivity (Wildman–Crippen MR) is 120 cm³/mol. The molecule has 1 aliphatic rings. The largest absolute Gasteiger partial charge is 0.311 e. The van der Waals surface area contributed by atoms with Crippen molar-refractivity contribution in [2.75, 3.05) is 17.3 Å². The molecule has 1 saturated carbocycles. The van der Waals surface area contributed by atoms with Gasteiger partial charge < -0.3 is 10.2 Å². The van der Waals surface area contributed by atoms with E-state index in [1.54, 1.807) is 18.2 Å². The van der Waals surface area contributed by atoms with Crippen LogP contribution in [0.4, 0.5) is 19.6 Å². The smallest absolute Gasteiger partial charge is 0.232 e. The van der Waals surface area contributed by atoms with Crippen LogP contribution in [0.1, 0.15) is 13.3 Å². The highest BCUT2D eigenvalue weighted by Crippen LogP contribution is 2.43. The molecule has 1 fully saturated rings. The van der Waals surface area contributed by atoms with Gasteiger partial charge >= 0.3 is 0 Å². The van der Waals surface area contributed by atoms with E-state index in [-0.39, 0.29) is 28.9 Å². The van der Waals surface area contributed by atoms with E-state index in [4.69, 9.17) is 11.6 Å². The Hall–Kier alpha value is -3.11. The number of fused-ring (bicyclic) bond motifs is 2. The number of carbonyl (C=O) groups excluding carboxylic acids is 2. The number of aromatic nitrogens is 3. The number of carbonyl (C=O) groups is 2. The highest BCUT2D eigenvalue weighted by molar-refractivity contribution is 7.22. The Kier molecular flexibility index (Phi) is 4.86. The average molecular weight is 476 g/mol. The second-order valence-corrected chi connectivity index (χ2v) is 9.05. The van der Waals surface area contributed by atoms with Crippen molar-refractivity contribution in [2.24, 2.45) is 5.92 Å². The Balaban J connectivity index is 1.59. The van der Waals surface area contributed by atoms with E-state index < -0.39 is 17.9 Å². The quantitative estimate of drug-likeness (QED) is 0.438. The minimum atomic E-state index is -1.09. The number of hydrogen-bond donors (Lipinski definition) is 2. The zero-order valence-corrected chi connectivity index (χ0v) is 18.4. The molecule has 2 N–H and O–H groups in total. The Bertz CT molecular complexity index is 1420. The van der Waals surface area contributed by atoms with E-state index in [1.807, 2.05) is 0 Å². The van der Waals surface area contributed by atoms with Gasteiger partial charge in [-0.25, -0.2) is 13.8 Å². The van der Waals surface area contributed by atoms with Gasteiger partial charge in [0.25, 0.3) is 0 Å². The van der Waals surface area contributed by atoms with Crippen LogP contribution in [0, 0.1) is 11.7 Å². The Morgan fingerprint density at radius 2 is 2.12 bits per heavy atom. The number of hydrogen-bond acceptors (Lipinski definition) is 5. The lowest BCUT2D eigenvalue weighted by atomic mass is 10.00. The summed E-state index contributed by atoms with van der Waals surface area (Å²) in [5, 5.41) is 10.2. The van der Waals surface area contributed by atoms with Gasteiger partial charge in [0.15, 0.2) is 10.9 Å². The first kappa shape index (κ1) is 20.8. The minimum absolute atomic E-state index is 0.0221. The van der Waals surface area contributed by atoms with Crippen LogP contribution in [0.2, 0.25) is 5.02 Å². The first-order valence-corrected chi connectivity index (χ1v) is 10.9. The average Bonchev–Trinajstić information content (AvgIpc) is 3.11. The standard InChI is InChI=1S/C21H16ClF2N5O2S/c1-8(30)29(2)19-17(24)16(22)15(11-7-25-28-18(11)19)9-3-4-13-14(5-9)32-21(26-13)27-20(31)10-6-12(10)23/h3-5,7,10,12H,6H2,1-2H3,(H,25,28)(H,26,27,31). The van der Waals surface area contributed by atoms with Gasteiger partial charge in [-0.1, -0.05) is 29.0 Å². The third-order valence-corrected chi connectivity index (χ3v) is 6.82. The van der Waals surface area contributed by atoms with Crippen molar-refractivity contribution in [1.29, 1.82) is 0 Å². The zero-order chi connectivity index (χ0) is 22.7. The molecule has 1 aliphatic carbocycles. The number of aromatic amines is 1. The summed E-state index contributed by atoms with van der Waals surface area (Å²) in [5.41, 5.74) is 2.05. The number of rotatable bonds is 4. The summed E-state index contributed by atoms with van der Waals surface area (Å²) in [6.45, 7) is 1.33. The fourth-order valence-electron chi connectivity index (χ4n) is 3.62. The lowest BCUT2D eigenvalue weighted by molar-refractivity contribution is -0.118. The Labute approximate surface area is 189 Å². The van der Waals surface area contributed by atoms with Gasteiger partial charge in [0.1, 0.15) is 11.9 Å². The molecular weight excluding hydrogens is 460 g/mol. The topological polar surface area (TPSA) is 91.0 Å². The fourth-order valence-corrected chi connectivity index (χ4v) is 4.83. The molecule has 0 saturated heterocycles. The van der Waals surface area contributed by atoms with Crippen LogP contribution in [0.25, 0.3) is 32.2 Å². The summed E-state index contributed by atoms with van der Waals surface area (Å²) in [6, 6.07) is 5.27. The third kappa shape index (κ3) is 3.30. The van der Waals surface area contributed by atoms with E-state index in [0.717, 1.165) is 4.70 Å². The van der Waals surface area contributed by atoms with Crippen LogP contribution >= 0.6 is 22.9 Å².